The normalized spacial score (nSPS) is 21.6. The zero-order valence-electron chi connectivity index (χ0n) is 11.1. The Hall–Kier alpha value is -1.82. The highest BCUT2D eigenvalue weighted by Gasteiger charge is 2.29. The summed E-state index contributed by atoms with van der Waals surface area (Å²) in [6.45, 7) is 0.713. The number of nitro groups is 1. The monoisotopic (exact) mass is 266 g/mol. The largest absolute Gasteiger partial charge is 0.496 e. The predicted molar refractivity (Wildman–Crippen MR) is 71.6 cm³/mol. The molecular weight excluding hydrogens is 248 g/mol. The molecule has 0 heterocycles. The van der Waals surface area contributed by atoms with Crippen LogP contribution in [0.25, 0.3) is 0 Å². The van der Waals surface area contributed by atoms with Crippen molar-refractivity contribution in [3.8, 4) is 5.75 Å². The molecule has 1 fully saturated rings. The van der Waals surface area contributed by atoms with Gasteiger partial charge in [-0.05, 0) is 30.9 Å². The molecule has 6 nitrogen and oxygen atoms in total. The van der Waals surface area contributed by atoms with E-state index in [1.165, 1.54) is 13.2 Å². The zero-order chi connectivity index (χ0) is 14.0. The van der Waals surface area contributed by atoms with Crippen LogP contribution in [0.2, 0.25) is 0 Å². The summed E-state index contributed by atoms with van der Waals surface area (Å²) < 4.78 is 5.01. The van der Waals surface area contributed by atoms with Gasteiger partial charge in [-0.15, -0.1) is 0 Å². The van der Waals surface area contributed by atoms with Crippen molar-refractivity contribution < 1.29 is 14.8 Å². The van der Waals surface area contributed by atoms with E-state index in [9.17, 15) is 15.2 Å². The van der Waals surface area contributed by atoms with Crippen LogP contribution in [0.4, 0.5) is 11.4 Å². The summed E-state index contributed by atoms with van der Waals surface area (Å²) in [4.78, 5) is 12.6. The van der Waals surface area contributed by atoms with Crippen molar-refractivity contribution in [3.05, 3.63) is 28.3 Å². The van der Waals surface area contributed by atoms with Gasteiger partial charge in [0.1, 0.15) is 11.4 Å². The highest BCUT2D eigenvalue weighted by atomic mass is 16.6. The number of aliphatic hydroxyl groups excluding tert-OH is 1. The molecule has 0 spiro atoms. The SMILES string of the molecule is COc1ccc(N(C)CC2CC(O)C2)c([N+](=O)[O-])c1. The molecule has 0 bridgehead atoms. The second kappa shape index (κ2) is 5.44. The van der Waals surface area contributed by atoms with Gasteiger partial charge in [-0.25, -0.2) is 0 Å². The fraction of sp³-hybridized carbons (Fsp3) is 0.538. The summed E-state index contributed by atoms with van der Waals surface area (Å²) >= 11 is 0. The van der Waals surface area contributed by atoms with E-state index < -0.39 is 4.92 Å². The minimum Gasteiger partial charge on any atom is -0.496 e. The number of anilines is 1. The third-order valence-corrected chi connectivity index (χ3v) is 3.53. The van der Waals surface area contributed by atoms with E-state index in [1.54, 1.807) is 12.1 Å². The summed E-state index contributed by atoms with van der Waals surface area (Å²) in [6, 6.07) is 4.85. The Labute approximate surface area is 111 Å². The first-order valence-electron chi connectivity index (χ1n) is 6.23. The lowest BCUT2D eigenvalue weighted by Crippen LogP contribution is -2.37. The van der Waals surface area contributed by atoms with E-state index >= 15 is 0 Å². The van der Waals surface area contributed by atoms with E-state index in [2.05, 4.69) is 0 Å². The number of hydrogen-bond acceptors (Lipinski definition) is 5. The molecule has 1 N–H and O–H groups in total. The quantitative estimate of drug-likeness (QED) is 0.649. The number of ether oxygens (including phenoxy) is 1. The Balaban J connectivity index is 2.15. The molecule has 0 aliphatic heterocycles. The van der Waals surface area contributed by atoms with Gasteiger partial charge >= 0.3 is 0 Å². The lowest BCUT2D eigenvalue weighted by Gasteiger charge is -2.35. The fourth-order valence-corrected chi connectivity index (χ4v) is 2.43. The molecule has 0 saturated heterocycles. The van der Waals surface area contributed by atoms with E-state index in [0.29, 0.717) is 23.9 Å². The van der Waals surface area contributed by atoms with Crippen LogP contribution in [0.15, 0.2) is 18.2 Å². The van der Waals surface area contributed by atoms with Crippen LogP contribution in [0.3, 0.4) is 0 Å². The first-order chi connectivity index (χ1) is 9.01. The van der Waals surface area contributed by atoms with Gasteiger partial charge in [0.05, 0.1) is 24.2 Å². The number of aliphatic hydroxyl groups is 1. The van der Waals surface area contributed by atoms with E-state index in [0.717, 1.165) is 12.8 Å². The molecule has 104 valence electrons. The molecule has 0 aromatic heterocycles. The molecule has 2 rings (SSSR count). The minimum atomic E-state index is -0.399. The van der Waals surface area contributed by atoms with Gasteiger partial charge in [-0.1, -0.05) is 0 Å². The molecule has 19 heavy (non-hydrogen) atoms. The number of methoxy groups -OCH3 is 1. The molecule has 1 saturated carbocycles. The van der Waals surface area contributed by atoms with Gasteiger partial charge in [0.15, 0.2) is 0 Å². The van der Waals surface area contributed by atoms with Gasteiger partial charge in [0.2, 0.25) is 0 Å². The van der Waals surface area contributed by atoms with Crippen molar-refractivity contribution >= 4 is 11.4 Å². The lowest BCUT2D eigenvalue weighted by molar-refractivity contribution is -0.384. The van der Waals surface area contributed by atoms with Gasteiger partial charge in [0.25, 0.3) is 5.69 Å². The maximum absolute atomic E-state index is 11.1. The third-order valence-electron chi connectivity index (χ3n) is 3.53. The number of benzene rings is 1. The Bertz CT molecular complexity index is 472. The standard InChI is InChI=1S/C13H18N2O4/c1-14(8-9-5-10(16)6-9)12-4-3-11(19-2)7-13(12)15(17)18/h3-4,7,9-10,16H,5-6,8H2,1-2H3. The number of rotatable bonds is 5. The van der Waals surface area contributed by atoms with Crippen molar-refractivity contribution in [1.82, 2.24) is 0 Å². The average Bonchev–Trinajstić information content (AvgIpc) is 2.36. The Kier molecular flexibility index (Phi) is 3.90. The number of nitrogens with zero attached hydrogens (tertiary/aromatic N) is 2. The highest BCUT2D eigenvalue weighted by Crippen LogP contribution is 2.34. The molecule has 1 aliphatic carbocycles. The summed E-state index contributed by atoms with van der Waals surface area (Å²) in [6.07, 6.45) is 1.34. The summed E-state index contributed by atoms with van der Waals surface area (Å²) in [5, 5.41) is 20.4. The maximum atomic E-state index is 11.1. The topological polar surface area (TPSA) is 75.8 Å². The number of nitro benzene ring substituents is 1. The van der Waals surface area contributed by atoms with Gasteiger partial charge in [-0.3, -0.25) is 10.1 Å². The van der Waals surface area contributed by atoms with E-state index in [4.69, 9.17) is 4.74 Å². The maximum Gasteiger partial charge on any atom is 0.296 e. The second-order valence-corrected chi connectivity index (χ2v) is 4.98. The molecular formula is C13H18N2O4. The Morgan fingerprint density at radius 2 is 2.21 bits per heavy atom. The molecule has 0 radical (unpaired) electrons. The van der Waals surface area contributed by atoms with Crippen LogP contribution in [0, 0.1) is 16.0 Å². The predicted octanol–water partition coefficient (Wildman–Crippen LogP) is 1.81. The van der Waals surface area contributed by atoms with Crippen LogP contribution in [0.1, 0.15) is 12.8 Å². The molecule has 1 aromatic rings. The van der Waals surface area contributed by atoms with Crippen LogP contribution in [0.5, 0.6) is 5.75 Å². The smallest absolute Gasteiger partial charge is 0.296 e. The third kappa shape index (κ3) is 2.96. The fourth-order valence-electron chi connectivity index (χ4n) is 2.43. The first-order valence-corrected chi connectivity index (χ1v) is 6.23. The second-order valence-electron chi connectivity index (χ2n) is 4.98. The van der Waals surface area contributed by atoms with Crippen molar-refractivity contribution in [2.24, 2.45) is 5.92 Å². The summed E-state index contributed by atoms with van der Waals surface area (Å²) in [5.41, 5.74) is 0.619. The molecule has 1 aromatic carbocycles. The van der Waals surface area contributed by atoms with Crippen molar-refractivity contribution in [3.63, 3.8) is 0 Å². The Morgan fingerprint density at radius 1 is 1.53 bits per heavy atom. The lowest BCUT2D eigenvalue weighted by atomic mass is 9.82. The molecule has 0 amide bonds. The van der Waals surface area contributed by atoms with Crippen LogP contribution in [-0.2, 0) is 0 Å². The van der Waals surface area contributed by atoms with E-state index in [1.807, 2.05) is 11.9 Å². The van der Waals surface area contributed by atoms with Gasteiger partial charge in [0, 0.05) is 13.6 Å². The average molecular weight is 266 g/mol. The molecule has 0 unspecified atom stereocenters. The summed E-state index contributed by atoms with van der Waals surface area (Å²) in [5.74, 6) is 0.879. The molecule has 1 aliphatic rings. The molecule has 6 heteroatoms. The van der Waals surface area contributed by atoms with Crippen LogP contribution in [-0.4, -0.2) is 36.8 Å². The highest BCUT2D eigenvalue weighted by molar-refractivity contribution is 5.65. The Morgan fingerprint density at radius 3 is 2.74 bits per heavy atom. The minimum absolute atomic E-state index is 0.0433. The van der Waals surface area contributed by atoms with Crippen LogP contribution < -0.4 is 9.64 Å². The van der Waals surface area contributed by atoms with E-state index in [-0.39, 0.29) is 11.8 Å². The van der Waals surface area contributed by atoms with Gasteiger partial charge < -0.3 is 14.7 Å². The van der Waals surface area contributed by atoms with Crippen molar-refractivity contribution in [2.45, 2.75) is 18.9 Å². The molecule has 0 atom stereocenters. The number of hydrogen-bond donors (Lipinski definition) is 1. The van der Waals surface area contributed by atoms with Crippen molar-refractivity contribution in [2.75, 3.05) is 25.6 Å². The zero-order valence-corrected chi connectivity index (χ0v) is 11.1. The summed E-state index contributed by atoms with van der Waals surface area (Å²) in [7, 11) is 3.32. The van der Waals surface area contributed by atoms with Crippen molar-refractivity contribution in [1.29, 1.82) is 0 Å². The van der Waals surface area contributed by atoms with Gasteiger partial charge in [-0.2, -0.15) is 0 Å². The first kappa shape index (κ1) is 13.6. The van der Waals surface area contributed by atoms with Crippen LogP contribution >= 0.6 is 0 Å².